The molecule has 2 heterocycles. The summed E-state index contributed by atoms with van der Waals surface area (Å²) in [4.78, 5) is 31.4. The van der Waals surface area contributed by atoms with Crippen molar-refractivity contribution in [1.82, 2.24) is 20.6 Å². The molecule has 3 N–H and O–H groups in total. The highest BCUT2D eigenvalue weighted by Crippen LogP contribution is 2.54. The molecule has 1 atom stereocenters. The summed E-state index contributed by atoms with van der Waals surface area (Å²) in [6.07, 6.45) is 7.32. The predicted octanol–water partition coefficient (Wildman–Crippen LogP) is 4.80. The Balaban J connectivity index is 1.77. The Morgan fingerprint density at radius 1 is 1.12 bits per heavy atom. The highest BCUT2D eigenvalue weighted by Gasteiger charge is 2.55. The Kier molecular flexibility index (Phi) is 9.19. The largest absolute Gasteiger partial charge is 0.480 e. The highest BCUT2D eigenvalue weighted by molar-refractivity contribution is 6.55. The lowest BCUT2D eigenvalue weighted by Crippen LogP contribution is -2.51. The van der Waals surface area contributed by atoms with E-state index in [9.17, 15) is 9.59 Å². The van der Waals surface area contributed by atoms with E-state index >= 15 is 4.39 Å². The van der Waals surface area contributed by atoms with Gasteiger partial charge in [0.15, 0.2) is 22.3 Å². The third kappa shape index (κ3) is 5.86. The van der Waals surface area contributed by atoms with Gasteiger partial charge in [-0.05, 0) is 35.4 Å². The van der Waals surface area contributed by atoms with Crippen LogP contribution in [-0.4, -0.2) is 46.7 Å². The minimum Gasteiger partial charge on any atom is -0.480 e. The number of nitrogens with zero attached hydrogens (tertiary/aromatic N) is 2. The maximum absolute atomic E-state index is 15.8. The van der Waals surface area contributed by atoms with Crippen molar-refractivity contribution < 1.29 is 18.7 Å². The highest BCUT2D eigenvalue weighted by atomic mass is 35.5. The minimum absolute atomic E-state index is 0.0626. The number of pyridine rings is 2. The number of carbonyl (C=O) groups excluding carboxylic acids is 2. The van der Waals surface area contributed by atoms with E-state index in [0.29, 0.717) is 30.5 Å². The molecule has 0 bridgehead atoms. The topological polar surface area (TPSA) is 105 Å². The van der Waals surface area contributed by atoms with E-state index in [-0.39, 0.29) is 35.4 Å². The van der Waals surface area contributed by atoms with E-state index in [0.717, 1.165) is 5.56 Å². The molecule has 11 heteroatoms. The second-order valence-corrected chi connectivity index (χ2v) is 10.3. The molecule has 208 valence electrons. The number of halogens is 3. The average molecular weight is 584 g/mol. The van der Waals surface area contributed by atoms with Gasteiger partial charge in [-0.25, -0.2) is 14.4 Å². The molecule has 0 fully saturated rings. The normalized spacial score (nSPS) is 17.6. The van der Waals surface area contributed by atoms with Crippen molar-refractivity contribution in [2.75, 3.05) is 25.5 Å². The Labute approximate surface area is 241 Å². The molecule has 8 nitrogen and oxygen atoms in total. The van der Waals surface area contributed by atoms with Crippen LogP contribution < -0.4 is 20.7 Å². The summed E-state index contributed by atoms with van der Waals surface area (Å²) >= 11 is 14.4. The molecule has 0 saturated heterocycles. The number of rotatable bonds is 11. The number of carbonyl (C=O) groups is 2. The summed E-state index contributed by atoms with van der Waals surface area (Å²) in [6.45, 7) is 2.47. The van der Waals surface area contributed by atoms with Crippen molar-refractivity contribution in [2.45, 2.75) is 23.3 Å². The zero-order chi connectivity index (χ0) is 28.8. The van der Waals surface area contributed by atoms with Gasteiger partial charge in [0.25, 0.3) is 0 Å². The first-order valence-electron chi connectivity index (χ1n) is 12.4. The molecule has 1 aliphatic rings. The summed E-state index contributed by atoms with van der Waals surface area (Å²) in [5.41, 5.74) is 0.596. The van der Waals surface area contributed by atoms with E-state index in [2.05, 4.69) is 25.9 Å². The lowest BCUT2D eigenvalue weighted by atomic mass is 9.79. The van der Waals surface area contributed by atoms with E-state index in [1.807, 2.05) is 30.3 Å². The maximum Gasteiger partial charge on any atom is 0.224 e. The number of allylic oxidation sites excluding steroid dienone is 2. The number of hydrogen-bond acceptors (Lipinski definition) is 7. The van der Waals surface area contributed by atoms with Crippen LogP contribution in [0.1, 0.15) is 34.1 Å². The molecule has 40 heavy (non-hydrogen) atoms. The van der Waals surface area contributed by atoms with E-state index in [4.69, 9.17) is 27.9 Å². The fourth-order valence-corrected chi connectivity index (χ4v) is 5.16. The minimum atomic E-state index is -1.73. The molecule has 0 radical (unpaired) electrons. The number of anilines is 1. The van der Waals surface area contributed by atoms with Crippen molar-refractivity contribution >= 4 is 46.8 Å². The van der Waals surface area contributed by atoms with Crippen LogP contribution in [0.25, 0.3) is 5.57 Å². The third-order valence-corrected chi connectivity index (χ3v) is 7.42. The van der Waals surface area contributed by atoms with Crippen molar-refractivity contribution in [2.24, 2.45) is 0 Å². The van der Waals surface area contributed by atoms with Crippen LogP contribution in [0.5, 0.6) is 5.88 Å². The van der Waals surface area contributed by atoms with Crippen LogP contribution >= 0.6 is 23.2 Å². The van der Waals surface area contributed by atoms with Gasteiger partial charge in [-0.3, -0.25) is 9.59 Å². The Hall–Kier alpha value is -3.79. The number of methoxy groups -OCH3 is 1. The zero-order valence-corrected chi connectivity index (χ0v) is 23.4. The summed E-state index contributed by atoms with van der Waals surface area (Å²) in [5, 5.41) is 8.92. The van der Waals surface area contributed by atoms with Gasteiger partial charge in [-0.1, -0.05) is 65.7 Å². The molecule has 3 aromatic rings. The predicted molar refractivity (Wildman–Crippen MR) is 154 cm³/mol. The Morgan fingerprint density at radius 3 is 2.60 bits per heavy atom. The van der Waals surface area contributed by atoms with Gasteiger partial charge in [0, 0.05) is 38.3 Å². The molecule has 0 aliphatic heterocycles. The zero-order valence-electron chi connectivity index (χ0n) is 21.9. The van der Waals surface area contributed by atoms with Gasteiger partial charge in [-0.15, -0.1) is 0 Å². The first-order valence-corrected chi connectivity index (χ1v) is 13.2. The fraction of sp³-hybridized carbons (Fsp3) is 0.241. The smallest absolute Gasteiger partial charge is 0.224 e. The molecule has 4 rings (SSSR count). The lowest BCUT2D eigenvalue weighted by molar-refractivity contribution is -0.118. The number of aldehydes is 1. The van der Waals surface area contributed by atoms with Crippen molar-refractivity contribution in [3.8, 4) is 5.88 Å². The fourth-order valence-electron chi connectivity index (χ4n) is 4.40. The van der Waals surface area contributed by atoms with Crippen LogP contribution in [-0.2, 0) is 16.9 Å². The molecule has 1 aromatic carbocycles. The number of alkyl halides is 2. The number of ether oxygens (including phenoxy) is 1. The van der Waals surface area contributed by atoms with Crippen molar-refractivity contribution in [3.05, 3.63) is 101 Å². The second kappa shape index (κ2) is 12.6. The van der Waals surface area contributed by atoms with Crippen molar-refractivity contribution in [1.29, 1.82) is 0 Å². The quantitative estimate of drug-likeness (QED) is 0.169. The van der Waals surface area contributed by atoms with Crippen LogP contribution in [0.3, 0.4) is 0 Å². The number of benzene rings is 1. The van der Waals surface area contributed by atoms with Crippen LogP contribution in [0.4, 0.5) is 10.2 Å². The van der Waals surface area contributed by atoms with Gasteiger partial charge in [0.1, 0.15) is 5.54 Å². The van der Waals surface area contributed by atoms with Gasteiger partial charge >= 0.3 is 0 Å². The maximum atomic E-state index is 15.8. The van der Waals surface area contributed by atoms with Crippen LogP contribution in [0.2, 0.25) is 0 Å². The number of hydrogen-bond donors (Lipinski definition) is 3. The molecule has 2 aromatic heterocycles. The molecule has 1 amide bonds. The van der Waals surface area contributed by atoms with E-state index in [1.54, 1.807) is 30.4 Å². The molecule has 0 spiro atoms. The SMILES string of the molecule is COc1nc(C2(Nc3nccc(CNCCNC(C)=O)c3F)C=CC=C(c3ccccc3)C2(Cl)Cl)ccc1C=O. The lowest BCUT2D eigenvalue weighted by Gasteiger charge is -2.44. The first-order chi connectivity index (χ1) is 19.2. The van der Waals surface area contributed by atoms with Gasteiger partial charge < -0.3 is 20.7 Å². The number of amides is 1. The molecule has 1 unspecified atom stereocenters. The summed E-state index contributed by atoms with van der Waals surface area (Å²) in [7, 11) is 1.39. The number of aromatic nitrogens is 2. The van der Waals surface area contributed by atoms with Crippen molar-refractivity contribution in [3.63, 3.8) is 0 Å². The molecular weight excluding hydrogens is 556 g/mol. The van der Waals surface area contributed by atoms with Crippen LogP contribution in [0.15, 0.2) is 73.0 Å². The molecule has 1 aliphatic carbocycles. The van der Waals surface area contributed by atoms with Crippen LogP contribution in [0, 0.1) is 5.82 Å². The Morgan fingerprint density at radius 2 is 1.90 bits per heavy atom. The van der Waals surface area contributed by atoms with Gasteiger partial charge in [0.2, 0.25) is 11.8 Å². The second-order valence-electron chi connectivity index (χ2n) is 9.02. The monoisotopic (exact) mass is 583 g/mol. The number of nitrogens with one attached hydrogen (secondary N) is 3. The van der Waals surface area contributed by atoms with Gasteiger partial charge in [0.05, 0.1) is 18.4 Å². The van der Waals surface area contributed by atoms with E-state index in [1.165, 1.54) is 26.3 Å². The third-order valence-electron chi connectivity index (χ3n) is 6.42. The standard InChI is InChI=1S/C29H28Cl2FN5O3/c1-19(39)34-16-15-33-17-21-12-14-35-26(25(21)32)37-28(24-11-10-22(18-38)27(36-24)40-2)13-6-9-23(29(28,30)31)20-7-4-3-5-8-20/h3-14,18,33H,15-17H2,1-2H3,(H,34,39)(H,35,37). The Bertz CT molecular complexity index is 1450. The summed E-state index contributed by atoms with van der Waals surface area (Å²) in [5.74, 6) is -0.799. The first kappa shape index (κ1) is 29.2. The molecule has 0 saturated carbocycles. The summed E-state index contributed by atoms with van der Waals surface area (Å²) < 4.78 is 19.4. The molecular formula is C29H28Cl2FN5O3. The average Bonchev–Trinajstić information content (AvgIpc) is 2.95. The summed E-state index contributed by atoms with van der Waals surface area (Å²) in [6, 6.07) is 14.0. The van der Waals surface area contributed by atoms with Gasteiger partial charge in [-0.2, -0.15) is 0 Å². The van der Waals surface area contributed by atoms with E-state index < -0.39 is 15.7 Å².